The number of hydrogen-bond donors (Lipinski definition) is 1. The zero-order valence-corrected chi connectivity index (χ0v) is 11.1. The first-order valence-electron chi connectivity index (χ1n) is 6.77. The van der Waals surface area contributed by atoms with E-state index in [9.17, 15) is 9.90 Å². The Hall–Kier alpha value is -0.970. The van der Waals surface area contributed by atoms with Gasteiger partial charge in [-0.25, -0.2) is 0 Å². The van der Waals surface area contributed by atoms with Crippen molar-refractivity contribution < 1.29 is 9.90 Å². The Kier molecular flexibility index (Phi) is 5.55. The van der Waals surface area contributed by atoms with Gasteiger partial charge in [-0.1, -0.05) is 19.8 Å². The van der Waals surface area contributed by atoms with Gasteiger partial charge in [-0.3, -0.25) is 4.79 Å². The molecule has 0 unspecified atom stereocenters. The van der Waals surface area contributed by atoms with Gasteiger partial charge in [-0.15, -0.1) is 11.8 Å². The van der Waals surface area contributed by atoms with Crippen LogP contribution in [0.4, 0.5) is 0 Å². The van der Waals surface area contributed by atoms with Crippen molar-refractivity contribution in [2.75, 3.05) is 0 Å². The predicted octanol–water partition coefficient (Wildman–Crippen LogP) is 3.85. The van der Waals surface area contributed by atoms with Crippen LogP contribution in [0.5, 0.6) is 0 Å². The van der Waals surface area contributed by atoms with Crippen molar-refractivity contribution in [2.24, 2.45) is 11.3 Å². The molecule has 1 aliphatic carbocycles. The summed E-state index contributed by atoms with van der Waals surface area (Å²) in [5.41, 5.74) is -0.478. The van der Waals surface area contributed by atoms with Crippen molar-refractivity contribution in [2.45, 2.75) is 65.2 Å². The molecule has 0 amide bonds. The summed E-state index contributed by atoms with van der Waals surface area (Å²) in [5, 5.41) is 9.46. The fourth-order valence-corrected chi connectivity index (χ4v) is 2.92. The van der Waals surface area contributed by atoms with Gasteiger partial charge in [0.15, 0.2) is 0 Å². The normalized spacial score (nSPS) is 28.2. The molecule has 0 radical (unpaired) electrons. The van der Waals surface area contributed by atoms with E-state index in [1.54, 1.807) is 0 Å². The van der Waals surface area contributed by atoms with Crippen LogP contribution in [0.15, 0.2) is 0 Å². The summed E-state index contributed by atoms with van der Waals surface area (Å²) in [6, 6.07) is 0. The van der Waals surface area contributed by atoms with Crippen LogP contribution in [0.25, 0.3) is 0 Å². The van der Waals surface area contributed by atoms with Gasteiger partial charge in [0.25, 0.3) is 0 Å². The average Bonchev–Trinajstić information content (AvgIpc) is 2.32. The number of carboxylic acids is 1. The van der Waals surface area contributed by atoms with E-state index in [1.165, 1.54) is 12.8 Å². The molecule has 0 aromatic carbocycles. The van der Waals surface area contributed by atoms with Crippen LogP contribution < -0.4 is 0 Å². The molecule has 1 rings (SSSR count). The van der Waals surface area contributed by atoms with Crippen LogP contribution in [0.2, 0.25) is 0 Å². The third-order valence-electron chi connectivity index (χ3n) is 4.12. The van der Waals surface area contributed by atoms with Crippen molar-refractivity contribution in [1.29, 1.82) is 0 Å². The molecule has 1 saturated carbocycles. The molecule has 2 heteroatoms. The maximum absolute atomic E-state index is 11.5. The molecule has 1 fully saturated rings. The Morgan fingerprint density at radius 3 is 2.53 bits per heavy atom. The molecule has 0 aromatic rings. The van der Waals surface area contributed by atoms with Crippen molar-refractivity contribution in [3.8, 4) is 11.8 Å². The topological polar surface area (TPSA) is 37.3 Å². The van der Waals surface area contributed by atoms with Crippen LogP contribution >= 0.6 is 0 Å². The minimum atomic E-state index is -0.606. The van der Waals surface area contributed by atoms with Gasteiger partial charge >= 0.3 is 5.97 Å². The molecule has 0 spiro atoms. The monoisotopic (exact) mass is 236 g/mol. The molecule has 1 aliphatic rings. The van der Waals surface area contributed by atoms with Crippen molar-refractivity contribution in [1.82, 2.24) is 0 Å². The largest absolute Gasteiger partial charge is 0.481 e. The highest BCUT2D eigenvalue weighted by atomic mass is 16.4. The molecule has 1 N–H and O–H groups in total. The highest BCUT2D eigenvalue weighted by molar-refractivity contribution is 5.74. The zero-order chi connectivity index (χ0) is 12.7. The zero-order valence-electron chi connectivity index (χ0n) is 11.1. The first-order valence-corrected chi connectivity index (χ1v) is 6.77. The molecular weight excluding hydrogens is 212 g/mol. The van der Waals surface area contributed by atoms with Crippen LogP contribution in [0, 0.1) is 23.2 Å². The van der Waals surface area contributed by atoms with Gasteiger partial charge in [-0.05, 0) is 44.9 Å². The second-order valence-electron chi connectivity index (χ2n) is 5.24. The number of carboxylic acid groups (broad SMARTS) is 1. The molecule has 0 aromatic heterocycles. The Labute approximate surface area is 105 Å². The van der Waals surface area contributed by atoms with E-state index in [1.807, 2.05) is 6.92 Å². The molecule has 0 bridgehead atoms. The summed E-state index contributed by atoms with van der Waals surface area (Å²) in [5.74, 6) is 6.00. The summed E-state index contributed by atoms with van der Waals surface area (Å²) < 4.78 is 0. The lowest BCUT2D eigenvalue weighted by molar-refractivity contribution is -0.152. The molecule has 96 valence electrons. The van der Waals surface area contributed by atoms with E-state index in [4.69, 9.17) is 0 Å². The van der Waals surface area contributed by atoms with Crippen LogP contribution in [0.1, 0.15) is 65.2 Å². The lowest BCUT2D eigenvalue weighted by Crippen LogP contribution is -2.35. The number of hydrogen-bond acceptors (Lipinski definition) is 1. The lowest BCUT2D eigenvalue weighted by Gasteiger charge is -2.36. The van der Waals surface area contributed by atoms with Crippen molar-refractivity contribution in [3.05, 3.63) is 0 Å². The van der Waals surface area contributed by atoms with Gasteiger partial charge in [-0.2, -0.15) is 0 Å². The van der Waals surface area contributed by atoms with E-state index < -0.39 is 11.4 Å². The van der Waals surface area contributed by atoms with E-state index in [0.29, 0.717) is 0 Å². The lowest BCUT2D eigenvalue weighted by atomic mass is 9.67. The number of carbonyl (C=O) groups is 1. The van der Waals surface area contributed by atoms with Gasteiger partial charge in [0.2, 0.25) is 0 Å². The van der Waals surface area contributed by atoms with E-state index in [0.717, 1.165) is 44.4 Å². The molecule has 0 atom stereocenters. The van der Waals surface area contributed by atoms with Crippen LogP contribution in [-0.2, 0) is 4.79 Å². The highest BCUT2D eigenvalue weighted by Crippen LogP contribution is 2.43. The molecule has 2 nitrogen and oxygen atoms in total. The van der Waals surface area contributed by atoms with Gasteiger partial charge in [0.1, 0.15) is 0 Å². The fourth-order valence-electron chi connectivity index (χ4n) is 2.92. The maximum Gasteiger partial charge on any atom is 0.309 e. The minimum absolute atomic E-state index is 0.478. The second-order valence-corrected chi connectivity index (χ2v) is 5.24. The number of rotatable bonds is 5. The third kappa shape index (κ3) is 3.77. The average molecular weight is 236 g/mol. The Morgan fingerprint density at radius 1 is 1.41 bits per heavy atom. The van der Waals surface area contributed by atoms with Crippen LogP contribution in [-0.4, -0.2) is 11.1 Å². The number of aliphatic carboxylic acids is 1. The first kappa shape index (κ1) is 14.1. The molecule has 17 heavy (non-hydrogen) atoms. The standard InChI is InChI=1S/C15H24O2/c1-3-5-6-10-15(14(16)17)11-8-13(7-4-2)9-12-15/h13H,4,6-12H2,1-2H3,(H,16,17). The Morgan fingerprint density at radius 2 is 2.06 bits per heavy atom. The quantitative estimate of drug-likeness (QED) is 0.736. The summed E-state index contributed by atoms with van der Waals surface area (Å²) in [7, 11) is 0. The van der Waals surface area contributed by atoms with E-state index in [2.05, 4.69) is 18.8 Å². The van der Waals surface area contributed by atoms with Gasteiger partial charge < -0.3 is 5.11 Å². The Bertz CT molecular complexity index is 301. The molecule has 0 saturated heterocycles. The van der Waals surface area contributed by atoms with E-state index in [-0.39, 0.29) is 0 Å². The van der Waals surface area contributed by atoms with Crippen LogP contribution in [0.3, 0.4) is 0 Å². The van der Waals surface area contributed by atoms with Gasteiger partial charge in [0.05, 0.1) is 5.41 Å². The van der Waals surface area contributed by atoms with E-state index >= 15 is 0 Å². The predicted molar refractivity (Wildman–Crippen MR) is 69.6 cm³/mol. The molecule has 0 heterocycles. The molecule has 0 aliphatic heterocycles. The second kappa shape index (κ2) is 6.69. The summed E-state index contributed by atoms with van der Waals surface area (Å²) in [4.78, 5) is 11.5. The van der Waals surface area contributed by atoms with Crippen molar-refractivity contribution in [3.63, 3.8) is 0 Å². The maximum atomic E-state index is 11.5. The molecular formula is C15H24O2. The summed E-state index contributed by atoms with van der Waals surface area (Å²) >= 11 is 0. The SMILES string of the molecule is CC#CCCC1(C(=O)O)CCC(CCC)CC1. The third-order valence-corrected chi connectivity index (χ3v) is 4.12. The minimum Gasteiger partial charge on any atom is -0.481 e. The summed E-state index contributed by atoms with van der Waals surface area (Å²) in [6.45, 7) is 4.02. The fraction of sp³-hybridized carbons (Fsp3) is 0.800. The smallest absolute Gasteiger partial charge is 0.309 e. The van der Waals surface area contributed by atoms with Gasteiger partial charge in [0, 0.05) is 6.42 Å². The highest BCUT2D eigenvalue weighted by Gasteiger charge is 2.40. The first-order chi connectivity index (χ1) is 8.14. The van der Waals surface area contributed by atoms with Crippen molar-refractivity contribution >= 4 is 5.97 Å². The Balaban J connectivity index is 2.56. The summed E-state index contributed by atoms with van der Waals surface area (Å²) in [6.07, 6.45) is 7.77.